The van der Waals surface area contributed by atoms with Gasteiger partial charge < -0.3 is 20.2 Å². The van der Waals surface area contributed by atoms with Gasteiger partial charge in [-0.05, 0) is 36.6 Å². The van der Waals surface area contributed by atoms with E-state index in [-0.39, 0.29) is 12.1 Å². The number of hydrogen-bond donors (Lipinski definition) is 3. The fourth-order valence-electron chi connectivity index (χ4n) is 2.46. The number of carboxylic acid groups (broad SMARTS) is 1. The molecule has 7 heteroatoms. The van der Waals surface area contributed by atoms with E-state index in [1.165, 1.54) is 18.4 Å². The summed E-state index contributed by atoms with van der Waals surface area (Å²) in [6, 6.07) is 12.7. The van der Waals surface area contributed by atoms with Gasteiger partial charge in [0.05, 0.1) is 6.26 Å². The zero-order valence-corrected chi connectivity index (χ0v) is 16.0. The molecule has 2 aromatic rings. The van der Waals surface area contributed by atoms with Gasteiger partial charge in [0.2, 0.25) is 5.91 Å². The van der Waals surface area contributed by atoms with Crippen LogP contribution in [0.25, 0.3) is 12.2 Å². The highest BCUT2D eigenvalue weighted by Gasteiger charge is 2.12. The van der Waals surface area contributed by atoms with E-state index in [1.54, 1.807) is 18.2 Å². The van der Waals surface area contributed by atoms with Crippen LogP contribution in [0.15, 0.2) is 64.9 Å². The Morgan fingerprint density at radius 3 is 2.48 bits per heavy atom. The Morgan fingerprint density at radius 1 is 1.00 bits per heavy atom. The maximum absolute atomic E-state index is 12.5. The van der Waals surface area contributed by atoms with Crippen molar-refractivity contribution in [1.29, 1.82) is 0 Å². The predicted molar refractivity (Wildman–Crippen MR) is 109 cm³/mol. The number of nitrogens with one attached hydrogen (secondary N) is 2. The van der Waals surface area contributed by atoms with Gasteiger partial charge in [-0.25, -0.2) is 0 Å². The van der Waals surface area contributed by atoms with Gasteiger partial charge in [-0.2, -0.15) is 0 Å². The van der Waals surface area contributed by atoms with Gasteiger partial charge in [0.15, 0.2) is 0 Å². The standard InChI is InChI=1S/C22H24N2O5/c25-20(13-12-17-8-3-1-4-9-17)24-19(16-18-10-7-15-29-18)22(28)23-14-6-2-5-11-21(26)27/h1,3-4,7-10,12-13,15-16H,2,5-6,11,14H2,(H,23,28)(H,24,25)(H,26,27)/b13-12+,19-16-. The number of unbranched alkanes of at least 4 members (excludes halogenated alkanes) is 2. The van der Waals surface area contributed by atoms with Crippen molar-refractivity contribution in [2.75, 3.05) is 6.54 Å². The summed E-state index contributed by atoms with van der Waals surface area (Å²) in [7, 11) is 0. The van der Waals surface area contributed by atoms with Gasteiger partial charge in [-0.3, -0.25) is 14.4 Å². The maximum Gasteiger partial charge on any atom is 0.303 e. The monoisotopic (exact) mass is 396 g/mol. The van der Waals surface area contributed by atoms with Crippen molar-refractivity contribution in [3.63, 3.8) is 0 Å². The van der Waals surface area contributed by atoms with E-state index < -0.39 is 17.8 Å². The van der Waals surface area contributed by atoms with E-state index in [1.807, 2.05) is 30.3 Å². The van der Waals surface area contributed by atoms with Gasteiger partial charge in [0, 0.05) is 25.1 Å². The molecule has 0 saturated carbocycles. The van der Waals surface area contributed by atoms with Gasteiger partial charge >= 0.3 is 5.97 Å². The van der Waals surface area contributed by atoms with Gasteiger partial charge in [-0.15, -0.1) is 0 Å². The minimum atomic E-state index is -0.830. The second-order valence-electron chi connectivity index (χ2n) is 6.27. The van der Waals surface area contributed by atoms with Crippen molar-refractivity contribution in [2.45, 2.75) is 25.7 Å². The topological polar surface area (TPSA) is 109 Å². The second kappa shape index (κ2) is 12.0. The number of carbonyl (C=O) groups excluding carboxylic acids is 2. The minimum Gasteiger partial charge on any atom is -0.481 e. The molecule has 0 saturated heterocycles. The highest BCUT2D eigenvalue weighted by Crippen LogP contribution is 2.07. The Kier molecular flexibility index (Phi) is 8.95. The Bertz CT molecular complexity index is 855. The number of rotatable bonds is 11. The zero-order valence-electron chi connectivity index (χ0n) is 16.0. The highest BCUT2D eigenvalue weighted by atomic mass is 16.4. The fourth-order valence-corrected chi connectivity index (χ4v) is 2.46. The van der Waals surface area contributed by atoms with Crippen molar-refractivity contribution in [1.82, 2.24) is 10.6 Å². The van der Waals surface area contributed by atoms with E-state index in [0.717, 1.165) is 5.56 Å². The molecule has 2 amide bonds. The molecule has 0 aliphatic carbocycles. The molecule has 0 radical (unpaired) electrons. The van der Waals surface area contributed by atoms with Crippen molar-refractivity contribution < 1.29 is 23.9 Å². The Labute approximate surface area is 169 Å². The van der Waals surface area contributed by atoms with Crippen LogP contribution in [-0.2, 0) is 14.4 Å². The average molecular weight is 396 g/mol. The fraction of sp³-hybridized carbons (Fsp3) is 0.227. The lowest BCUT2D eigenvalue weighted by Crippen LogP contribution is -2.34. The van der Waals surface area contributed by atoms with Gasteiger partial charge in [0.25, 0.3) is 5.91 Å². The summed E-state index contributed by atoms with van der Waals surface area (Å²) >= 11 is 0. The second-order valence-corrected chi connectivity index (χ2v) is 6.27. The summed E-state index contributed by atoms with van der Waals surface area (Å²) in [6.07, 6.45) is 7.94. The lowest BCUT2D eigenvalue weighted by molar-refractivity contribution is -0.137. The average Bonchev–Trinajstić information content (AvgIpc) is 3.22. The normalized spacial score (nSPS) is 11.4. The summed E-state index contributed by atoms with van der Waals surface area (Å²) in [5.41, 5.74) is 0.929. The Morgan fingerprint density at radius 2 is 1.79 bits per heavy atom. The van der Waals surface area contributed by atoms with E-state index in [4.69, 9.17) is 9.52 Å². The molecule has 1 heterocycles. The molecule has 0 atom stereocenters. The molecule has 0 bridgehead atoms. The zero-order chi connectivity index (χ0) is 20.9. The number of amides is 2. The van der Waals surface area contributed by atoms with Crippen LogP contribution in [0.3, 0.4) is 0 Å². The molecule has 1 aromatic heterocycles. The number of carbonyl (C=O) groups is 3. The number of carboxylic acids is 1. The van der Waals surface area contributed by atoms with Crippen LogP contribution in [-0.4, -0.2) is 29.4 Å². The molecule has 0 aliphatic rings. The van der Waals surface area contributed by atoms with Crippen LogP contribution in [0.5, 0.6) is 0 Å². The third-order valence-electron chi connectivity index (χ3n) is 3.91. The first-order valence-corrected chi connectivity index (χ1v) is 9.34. The molecule has 29 heavy (non-hydrogen) atoms. The third-order valence-corrected chi connectivity index (χ3v) is 3.91. The summed E-state index contributed by atoms with van der Waals surface area (Å²) in [5, 5.41) is 13.9. The van der Waals surface area contributed by atoms with Crippen LogP contribution in [0.2, 0.25) is 0 Å². The molecule has 7 nitrogen and oxygen atoms in total. The summed E-state index contributed by atoms with van der Waals surface area (Å²) in [4.78, 5) is 35.2. The predicted octanol–water partition coefficient (Wildman–Crippen LogP) is 3.21. The Hall–Kier alpha value is -3.61. The largest absolute Gasteiger partial charge is 0.481 e. The smallest absolute Gasteiger partial charge is 0.303 e. The molecular weight excluding hydrogens is 372 g/mol. The number of aliphatic carboxylic acids is 1. The lowest BCUT2D eigenvalue weighted by Gasteiger charge is -2.09. The van der Waals surface area contributed by atoms with Crippen LogP contribution in [0, 0.1) is 0 Å². The number of furan rings is 1. The van der Waals surface area contributed by atoms with E-state index in [0.29, 0.717) is 31.6 Å². The van der Waals surface area contributed by atoms with Crippen LogP contribution < -0.4 is 10.6 Å². The van der Waals surface area contributed by atoms with Gasteiger partial charge in [0.1, 0.15) is 11.5 Å². The minimum absolute atomic E-state index is 0.0631. The first-order valence-electron chi connectivity index (χ1n) is 9.34. The molecule has 0 unspecified atom stereocenters. The van der Waals surface area contributed by atoms with Crippen LogP contribution >= 0.6 is 0 Å². The van der Waals surface area contributed by atoms with Crippen molar-refractivity contribution in [3.8, 4) is 0 Å². The van der Waals surface area contributed by atoms with Gasteiger partial charge in [-0.1, -0.05) is 36.8 Å². The SMILES string of the molecule is O=C(O)CCCCCNC(=O)/C(=C/c1ccco1)NC(=O)/C=C/c1ccccc1. The van der Waals surface area contributed by atoms with Crippen molar-refractivity contribution >= 4 is 29.9 Å². The molecule has 0 spiro atoms. The lowest BCUT2D eigenvalue weighted by atomic mass is 10.2. The number of hydrogen-bond acceptors (Lipinski definition) is 4. The summed E-state index contributed by atoms with van der Waals surface area (Å²) < 4.78 is 5.22. The maximum atomic E-state index is 12.5. The third kappa shape index (κ3) is 8.75. The highest BCUT2D eigenvalue weighted by molar-refractivity contribution is 6.04. The molecule has 0 aliphatic heterocycles. The van der Waals surface area contributed by atoms with E-state index in [9.17, 15) is 14.4 Å². The molecule has 1 aromatic carbocycles. The van der Waals surface area contributed by atoms with Crippen molar-refractivity contribution in [2.24, 2.45) is 0 Å². The van der Waals surface area contributed by atoms with E-state index >= 15 is 0 Å². The van der Waals surface area contributed by atoms with E-state index in [2.05, 4.69) is 10.6 Å². The van der Waals surface area contributed by atoms with Crippen LogP contribution in [0.4, 0.5) is 0 Å². The molecular formula is C22H24N2O5. The summed E-state index contributed by atoms with van der Waals surface area (Å²) in [6.45, 7) is 0.379. The molecule has 0 fully saturated rings. The van der Waals surface area contributed by atoms with Crippen LogP contribution in [0.1, 0.15) is 37.0 Å². The van der Waals surface area contributed by atoms with Crippen molar-refractivity contribution in [3.05, 3.63) is 71.8 Å². The first kappa shape index (κ1) is 21.7. The number of benzene rings is 1. The summed E-state index contributed by atoms with van der Waals surface area (Å²) in [5.74, 6) is -1.28. The Balaban J connectivity index is 1.92. The molecule has 152 valence electrons. The molecule has 2 rings (SSSR count). The first-order chi connectivity index (χ1) is 14.0. The quantitative estimate of drug-likeness (QED) is 0.399. The molecule has 3 N–H and O–H groups in total.